The summed E-state index contributed by atoms with van der Waals surface area (Å²) in [6, 6.07) is 4.31. The van der Waals surface area contributed by atoms with E-state index in [2.05, 4.69) is 17.2 Å². The van der Waals surface area contributed by atoms with Gasteiger partial charge >= 0.3 is 0 Å². The smallest absolute Gasteiger partial charge is 0.227 e. The number of carbonyl (C=O) groups excluding carboxylic acids is 1. The molecule has 0 spiro atoms. The van der Waals surface area contributed by atoms with E-state index in [0.29, 0.717) is 5.69 Å². The van der Waals surface area contributed by atoms with Gasteiger partial charge in [0.2, 0.25) is 5.91 Å². The van der Waals surface area contributed by atoms with Crippen LogP contribution < -0.4 is 11.1 Å². The molecule has 0 aliphatic carbocycles. The summed E-state index contributed by atoms with van der Waals surface area (Å²) in [6.45, 7) is 3.95. The van der Waals surface area contributed by atoms with Crippen LogP contribution in [0, 0.1) is 23.6 Å². The Morgan fingerprint density at radius 3 is 2.89 bits per heavy atom. The maximum absolute atomic E-state index is 13.4. The summed E-state index contributed by atoms with van der Waals surface area (Å²) in [6.07, 6.45) is 0.757. The minimum absolute atomic E-state index is 0.0753. The number of anilines is 1. The van der Waals surface area contributed by atoms with Crippen molar-refractivity contribution in [2.24, 2.45) is 11.7 Å². The molecule has 1 rings (SSSR count). The van der Waals surface area contributed by atoms with E-state index in [4.69, 9.17) is 5.73 Å². The highest BCUT2D eigenvalue weighted by molar-refractivity contribution is 5.92. The number of amides is 1. The summed E-state index contributed by atoms with van der Waals surface area (Å²) >= 11 is 0. The van der Waals surface area contributed by atoms with Crippen molar-refractivity contribution in [3.05, 3.63) is 29.6 Å². The highest BCUT2D eigenvalue weighted by atomic mass is 19.1. The quantitative estimate of drug-likeness (QED) is 0.805. The van der Waals surface area contributed by atoms with Gasteiger partial charge < -0.3 is 11.1 Å². The first-order chi connectivity index (χ1) is 8.58. The number of hydrogen-bond donors (Lipinski definition) is 2. The summed E-state index contributed by atoms with van der Waals surface area (Å²) in [7, 11) is 0. The summed E-state index contributed by atoms with van der Waals surface area (Å²) in [5.41, 5.74) is 6.02. The third-order valence-electron chi connectivity index (χ3n) is 2.62. The molecule has 0 aliphatic heterocycles. The van der Waals surface area contributed by atoms with Crippen LogP contribution in [0.3, 0.4) is 0 Å². The number of nitrogens with one attached hydrogen (secondary N) is 1. The second-order valence-electron chi connectivity index (χ2n) is 4.00. The summed E-state index contributed by atoms with van der Waals surface area (Å²) in [5.74, 6) is 4.64. The molecule has 1 unspecified atom stereocenters. The van der Waals surface area contributed by atoms with E-state index in [1.807, 2.05) is 13.8 Å². The van der Waals surface area contributed by atoms with E-state index in [9.17, 15) is 9.18 Å². The molecule has 0 radical (unpaired) electrons. The molecule has 0 aliphatic rings. The van der Waals surface area contributed by atoms with Crippen molar-refractivity contribution >= 4 is 11.6 Å². The maximum atomic E-state index is 13.4. The predicted octanol–water partition coefficient (Wildman–Crippen LogP) is 2.12. The first kappa shape index (κ1) is 14.2. The van der Waals surface area contributed by atoms with Crippen molar-refractivity contribution in [3.8, 4) is 11.8 Å². The SMILES string of the molecule is CCC(C)C(=O)Nc1ccc(F)c(C#CCN)c1. The van der Waals surface area contributed by atoms with Crippen LogP contribution in [0.5, 0.6) is 0 Å². The summed E-state index contributed by atoms with van der Waals surface area (Å²) in [4.78, 5) is 11.7. The monoisotopic (exact) mass is 248 g/mol. The molecule has 0 saturated carbocycles. The molecule has 3 N–H and O–H groups in total. The number of nitrogens with two attached hydrogens (primary N) is 1. The highest BCUT2D eigenvalue weighted by Crippen LogP contribution is 2.15. The number of hydrogen-bond acceptors (Lipinski definition) is 2. The van der Waals surface area contributed by atoms with Gasteiger partial charge in [-0.25, -0.2) is 4.39 Å². The third kappa shape index (κ3) is 3.86. The number of rotatable bonds is 3. The van der Waals surface area contributed by atoms with Gasteiger partial charge in [-0.3, -0.25) is 4.79 Å². The lowest BCUT2D eigenvalue weighted by atomic mass is 10.1. The number of halogens is 1. The van der Waals surface area contributed by atoms with Gasteiger partial charge in [-0.15, -0.1) is 0 Å². The van der Waals surface area contributed by atoms with Crippen molar-refractivity contribution in [1.29, 1.82) is 0 Å². The summed E-state index contributed by atoms with van der Waals surface area (Å²) < 4.78 is 13.4. The largest absolute Gasteiger partial charge is 0.326 e. The molecule has 1 aromatic carbocycles. The van der Waals surface area contributed by atoms with Crippen LogP contribution in [0.2, 0.25) is 0 Å². The molecule has 1 amide bonds. The Labute approximate surface area is 107 Å². The van der Waals surface area contributed by atoms with Gasteiger partial charge in [0, 0.05) is 11.6 Å². The van der Waals surface area contributed by atoms with E-state index in [1.54, 1.807) is 0 Å². The lowest BCUT2D eigenvalue weighted by Gasteiger charge is -2.10. The van der Waals surface area contributed by atoms with Gasteiger partial charge in [-0.2, -0.15) is 0 Å². The van der Waals surface area contributed by atoms with Crippen molar-refractivity contribution in [3.63, 3.8) is 0 Å². The van der Waals surface area contributed by atoms with Gasteiger partial charge in [-0.05, 0) is 24.6 Å². The molecular formula is C14H17FN2O. The number of carbonyl (C=O) groups is 1. The fraction of sp³-hybridized carbons (Fsp3) is 0.357. The van der Waals surface area contributed by atoms with E-state index < -0.39 is 5.82 Å². The number of benzene rings is 1. The lowest BCUT2D eigenvalue weighted by Crippen LogP contribution is -2.19. The molecule has 0 bridgehead atoms. The molecule has 4 heteroatoms. The topological polar surface area (TPSA) is 55.1 Å². The van der Waals surface area contributed by atoms with E-state index in [-0.39, 0.29) is 23.9 Å². The van der Waals surface area contributed by atoms with Crippen LogP contribution in [-0.4, -0.2) is 12.5 Å². The second kappa shape index (κ2) is 6.77. The van der Waals surface area contributed by atoms with Crippen LogP contribution in [0.25, 0.3) is 0 Å². The Morgan fingerprint density at radius 1 is 1.56 bits per heavy atom. The molecule has 1 aromatic rings. The Hall–Kier alpha value is -1.86. The van der Waals surface area contributed by atoms with Gasteiger partial charge in [0.1, 0.15) is 5.82 Å². The Kier molecular flexibility index (Phi) is 5.34. The molecular weight excluding hydrogens is 231 g/mol. The van der Waals surface area contributed by atoms with E-state index in [1.165, 1.54) is 18.2 Å². The molecule has 0 aromatic heterocycles. The molecule has 0 fully saturated rings. The van der Waals surface area contributed by atoms with Gasteiger partial charge in [0.05, 0.1) is 12.1 Å². The fourth-order valence-electron chi connectivity index (χ4n) is 1.30. The summed E-state index contributed by atoms with van der Waals surface area (Å²) in [5, 5.41) is 2.73. The Balaban J connectivity index is 2.88. The molecule has 96 valence electrons. The predicted molar refractivity (Wildman–Crippen MR) is 70.4 cm³/mol. The van der Waals surface area contributed by atoms with Gasteiger partial charge in [0.15, 0.2) is 0 Å². The van der Waals surface area contributed by atoms with Crippen LogP contribution >= 0.6 is 0 Å². The highest BCUT2D eigenvalue weighted by Gasteiger charge is 2.11. The molecule has 3 nitrogen and oxygen atoms in total. The normalized spacial score (nSPS) is 11.3. The molecule has 0 heterocycles. The van der Waals surface area contributed by atoms with E-state index >= 15 is 0 Å². The Bertz CT molecular complexity index is 488. The van der Waals surface area contributed by atoms with Crippen molar-refractivity contribution < 1.29 is 9.18 Å². The molecule has 18 heavy (non-hydrogen) atoms. The average Bonchev–Trinajstić information content (AvgIpc) is 2.38. The second-order valence-corrected chi connectivity index (χ2v) is 4.00. The zero-order chi connectivity index (χ0) is 13.5. The van der Waals surface area contributed by atoms with E-state index in [0.717, 1.165) is 6.42 Å². The van der Waals surface area contributed by atoms with Crippen LogP contribution in [-0.2, 0) is 4.79 Å². The first-order valence-electron chi connectivity index (χ1n) is 5.87. The fourth-order valence-corrected chi connectivity index (χ4v) is 1.30. The van der Waals surface area contributed by atoms with Crippen molar-refractivity contribution in [2.75, 3.05) is 11.9 Å². The van der Waals surface area contributed by atoms with Gasteiger partial charge in [0.25, 0.3) is 0 Å². The van der Waals surface area contributed by atoms with Crippen molar-refractivity contribution in [1.82, 2.24) is 0 Å². The third-order valence-corrected chi connectivity index (χ3v) is 2.62. The van der Waals surface area contributed by atoms with Crippen LogP contribution in [0.4, 0.5) is 10.1 Å². The van der Waals surface area contributed by atoms with Gasteiger partial charge in [-0.1, -0.05) is 25.7 Å². The maximum Gasteiger partial charge on any atom is 0.227 e. The minimum atomic E-state index is -0.419. The Morgan fingerprint density at radius 2 is 2.28 bits per heavy atom. The minimum Gasteiger partial charge on any atom is -0.326 e. The molecule has 1 atom stereocenters. The average molecular weight is 248 g/mol. The van der Waals surface area contributed by atoms with Crippen LogP contribution in [0.15, 0.2) is 18.2 Å². The zero-order valence-electron chi connectivity index (χ0n) is 10.6. The molecule has 0 saturated heterocycles. The van der Waals surface area contributed by atoms with Crippen LogP contribution in [0.1, 0.15) is 25.8 Å². The standard InChI is InChI=1S/C14H17FN2O/c1-3-10(2)14(18)17-12-6-7-13(15)11(9-12)5-4-8-16/h6-7,9-10H,3,8,16H2,1-2H3,(H,17,18). The lowest BCUT2D eigenvalue weighted by molar-refractivity contribution is -0.119. The first-order valence-corrected chi connectivity index (χ1v) is 5.87. The van der Waals surface area contributed by atoms with Crippen molar-refractivity contribution in [2.45, 2.75) is 20.3 Å². The zero-order valence-corrected chi connectivity index (χ0v) is 10.6.